The van der Waals surface area contributed by atoms with E-state index in [1.807, 2.05) is 6.92 Å². The molecule has 0 atom stereocenters. The van der Waals surface area contributed by atoms with Crippen molar-refractivity contribution in [1.82, 2.24) is 9.97 Å². The first-order valence-corrected chi connectivity index (χ1v) is 6.68. The van der Waals surface area contributed by atoms with Crippen LogP contribution in [0.3, 0.4) is 0 Å². The van der Waals surface area contributed by atoms with Gasteiger partial charge in [0.1, 0.15) is 0 Å². The number of nitro benzene ring substituents is 1. The fourth-order valence-electron chi connectivity index (χ4n) is 1.45. The third-order valence-corrected chi connectivity index (χ3v) is 3.03. The summed E-state index contributed by atoms with van der Waals surface area (Å²) in [5, 5.41) is 13.6. The highest BCUT2D eigenvalue weighted by Crippen LogP contribution is 2.33. The van der Waals surface area contributed by atoms with E-state index in [1.165, 1.54) is 18.2 Å². The molecule has 0 fully saturated rings. The summed E-state index contributed by atoms with van der Waals surface area (Å²) in [4.78, 5) is 17.8. The number of benzene rings is 1. The number of aromatic nitrogens is 2. The van der Waals surface area contributed by atoms with Crippen molar-refractivity contribution in [3.05, 3.63) is 44.8 Å². The second-order valence-electron chi connectivity index (χ2n) is 3.85. The molecule has 2 rings (SSSR count). The van der Waals surface area contributed by atoms with Crippen LogP contribution in [-0.2, 0) is 0 Å². The van der Waals surface area contributed by atoms with Crippen molar-refractivity contribution in [2.24, 2.45) is 0 Å². The van der Waals surface area contributed by atoms with Crippen molar-refractivity contribution >= 4 is 27.6 Å². The van der Waals surface area contributed by atoms with Crippen molar-refractivity contribution in [2.45, 2.75) is 6.92 Å². The number of non-ortho nitro benzene ring substituents is 1. The molecule has 2 aromatic rings. The molecule has 1 N–H and O–H groups in total. The maximum absolute atomic E-state index is 13.7. The highest BCUT2D eigenvalue weighted by atomic mass is 79.9. The van der Waals surface area contributed by atoms with E-state index in [-0.39, 0.29) is 23.3 Å². The van der Waals surface area contributed by atoms with Gasteiger partial charge in [0.05, 0.1) is 21.7 Å². The third kappa shape index (κ3) is 3.63. The molecule has 0 aliphatic carbocycles. The summed E-state index contributed by atoms with van der Waals surface area (Å²) in [7, 11) is 0. The second kappa shape index (κ2) is 6.44. The Morgan fingerprint density at radius 2 is 2.29 bits per heavy atom. The first-order valence-electron chi connectivity index (χ1n) is 5.89. The van der Waals surface area contributed by atoms with Gasteiger partial charge in [-0.1, -0.05) is 0 Å². The van der Waals surface area contributed by atoms with Gasteiger partial charge in [0.2, 0.25) is 11.8 Å². The van der Waals surface area contributed by atoms with Crippen LogP contribution in [0.4, 0.5) is 16.0 Å². The zero-order chi connectivity index (χ0) is 15.4. The molecule has 9 heteroatoms. The molecule has 0 aliphatic heterocycles. The normalized spacial score (nSPS) is 10.2. The van der Waals surface area contributed by atoms with Gasteiger partial charge in [-0.15, -0.1) is 0 Å². The molecular weight excluding hydrogens is 347 g/mol. The van der Waals surface area contributed by atoms with Crippen LogP contribution >= 0.6 is 15.9 Å². The van der Waals surface area contributed by atoms with Crippen LogP contribution < -0.4 is 10.1 Å². The Morgan fingerprint density at radius 3 is 2.95 bits per heavy atom. The van der Waals surface area contributed by atoms with E-state index < -0.39 is 10.7 Å². The number of ether oxygens (including phenoxy) is 1. The van der Waals surface area contributed by atoms with Gasteiger partial charge in [0.15, 0.2) is 5.75 Å². The minimum absolute atomic E-state index is 0.0873. The molecular formula is C12H10BrFN4O3. The summed E-state index contributed by atoms with van der Waals surface area (Å²) in [6.07, 6.45) is 0.964. The zero-order valence-electron chi connectivity index (χ0n) is 10.8. The molecule has 0 bridgehead atoms. The van der Waals surface area contributed by atoms with Crippen LogP contribution in [0.25, 0.3) is 0 Å². The first kappa shape index (κ1) is 15.1. The fraction of sp³-hybridized carbons (Fsp3) is 0.167. The Labute approximate surface area is 127 Å². The predicted molar refractivity (Wildman–Crippen MR) is 77.0 cm³/mol. The van der Waals surface area contributed by atoms with Gasteiger partial charge >= 0.3 is 0 Å². The standard InChI is InChI=1S/C12H10BrFN4O3/c1-2-15-12-16-6-9(14)11(17-12)21-10-5-7(18(19)20)3-4-8(10)13/h3-6H,2H2,1H3,(H,15,16,17). The number of halogens is 2. The Hall–Kier alpha value is -2.29. The average Bonchev–Trinajstić information content (AvgIpc) is 2.45. The summed E-state index contributed by atoms with van der Waals surface area (Å²) in [5.41, 5.74) is -0.172. The molecule has 0 saturated heterocycles. The van der Waals surface area contributed by atoms with Crippen LogP contribution in [0.1, 0.15) is 6.92 Å². The Kier molecular flexibility index (Phi) is 4.63. The summed E-state index contributed by atoms with van der Waals surface area (Å²) in [5.74, 6) is -0.795. The largest absolute Gasteiger partial charge is 0.435 e. The van der Waals surface area contributed by atoms with Gasteiger partial charge in [-0.2, -0.15) is 9.37 Å². The van der Waals surface area contributed by atoms with Crippen LogP contribution in [0.5, 0.6) is 11.6 Å². The Bertz CT molecular complexity index is 684. The molecule has 0 spiro atoms. The molecule has 0 unspecified atom stereocenters. The lowest BCUT2D eigenvalue weighted by Crippen LogP contribution is -2.04. The monoisotopic (exact) mass is 356 g/mol. The van der Waals surface area contributed by atoms with Crippen LogP contribution in [-0.4, -0.2) is 21.4 Å². The topological polar surface area (TPSA) is 90.2 Å². The van der Waals surface area contributed by atoms with E-state index in [9.17, 15) is 14.5 Å². The fourth-order valence-corrected chi connectivity index (χ4v) is 1.78. The number of hydrogen-bond acceptors (Lipinski definition) is 6. The van der Waals surface area contributed by atoms with Crippen LogP contribution in [0.15, 0.2) is 28.9 Å². The summed E-state index contributed by atoms with van der Waals surface area (Å²) >= 11 is 3.18. The van der Waals surface area contributed by atoms with Crippen molar-refractivity contribution in [1.29, 1.82) is 0 Å². The number of hydrogen-bond donors (Lipinski definition) is 1. The highest BCUT2D eigenvalue weighted by Gasteiger charge is 2.15. The highest BCUT2D eigenvalue weighted by molar-refractivity contribution is 9.10. The molecule has 21 heavy (non-hydrogen) atoms. The van der Waals surface area contributed by atoms with Gasteiger partial charge in [0, 0.05) is 12.6 Å². The SMILES string of the molecule is CCNc1ncc(F)c(Oc2cc([N+](=O)[O-])ccc2Br)n1. The third-order valence-electron chi connectivity index (χ3n) is 2.38. The average molecular weight is 357 g/mol. The zero-order valence-corrected chi connectivity index (χ0v) is 12.4. The van der Waals surface area contributed by atoms with Crippen molar-refractivity contribution in [3.8, 4) is 11.6 Å². The summed E-state index contributed by atoms with van der Waals surface area (Å²) in [6.45, 7) is 2.40. The second-order valence-corrected chi connectivity index (χ2v) is 4.71. The molecule has 0 radical (unpaired) electrons. The maximum Gasteiger partial charge on any atom is 0.273 e. The molecule has 1 aromatic carbocycles. The van der Waals surface area contributed by atoms with Crippen LogP contribution in [0.2, 0.25) is 0 Å². The minimum Gasteiger partial charge on any atom is -0.435 e. The summed E-state index contributed by atoms with van der Waals surface area (Å²) < 4.78 is 19.4. The van der Waals surface area contributed by atoms with Gasteiger partial charge in [0.25, 0.3) is 11.6 Å². The van der Waals surface area contributed by atoms with E-state index >= 15 is 0 Å². The van der Waals surface area contributed by atoms with Crippen molar-refractivity contribution < 1.29 is 14.1 Å². The number of rotatable bonds is 5. The first-order chi connectivity index (χ1) is 10.0. The van der Waals surface area contributed by atoms with E-state index in [0.29, 0.717) is 11.0 Å². The van der Waals surface area contributed by atoms with E-state index in [1.54, 1.807) is 0 Å². The minimum atomic E-state index is -0.768. The molecule has 0 amide bonds. The molecule has 110 valence electrons. The molecule has 0 aliphatic rings. The number of nitro groups is 1. The van der Waals surface area contributed by atoms with Gasteiger partial charge in [-0.3, -0.25) is 10.1 Å². The molecule has 1 heterocycles. The van der Waals surface area contributed by atoms with E-state index in [2.05, 4.69) is 31.2 Å². The molecule has 1 aromatic heterocycles. The van der Waals surface area contributed by atoms with E-state index in [4.69, 9.17) is 4.74 Å². The quantitative estimate of drug-likeness (QED) is 0.651. The van der Waals surface area contributed by atoms with Crippen LogP contribution in [0, 0.1) is 15.9 Å². The number of anilines is 1. The summed E-state index contributed by atoms with van der Waals surface area (Å²) in [6, 6.07) is 3.92. The molecule has 0 saturated carbocycles. The van der Waals surface area contributed by atoms with Crippen molar-refractivity contribution in [2.75, 3.05) is 11.9 Å². The lowest BCUT2D eigenvalue weighted by atomic mass is 10.3. The van der Waals surface area contributed by atoms with Gasteiger partial charge in [-0.05, 0) is 28.9 Å². The number of nitrogens with one attached hydrogen (secondary N) is 1. The van der Waals surface area contributed by atoms with E-state index in [0.717, 1.165) is 6.20 Å². The lowest BCUT2D eigenvalue weighted by molar-refractivity contribution is -0.384. The lowest BCUT2D eigenvalue weighted by Gasteiger charge is -2.09. The predicted octanol–water partition coefficient (Wildman–Crippen LogP) is 3.51. The van der Waals surface area contributed by atoms with Crippen molar-refractivity contribution in [3.63, 3.8) is 0 Å². The maximum atomic E-state index is 13.7. The van der Waals surface area contributed by atoms with Gasteiger partial charge in [-0.25, -0.2) is 4.98 Å². The molecule has 7 nitrogen and oxygen atoms in total. The Morgan fingerprint density at radius 1 is 1.52 bits per heavy atom. The van der Waals surface area contributed by atoms with Gasteiger partial charge < -0.3 is 10.1 Å². The Balaban J connectivity index is 2.35. The number of nitrogens with zero attached hydrogens (tertiary/aromatic N) is 3. The smallest absolute Gasteiger partial charge is 0.273 e.